The number of hydrogen-bond acceptors (Lipinski definition) is 6. The number of hydrogen-bond donors (Lipinski definition) is 0. The lowest BCUT2D eigenvalue weighted by Crippen LogP contribution is -2.55. The van der Waals surface area contributed by atoms with Gasteiger partial charge >= 0.3 is 0 Å². The molecule has 0 bridgehead atoms. The normalized spacial score (nSPS) is 20.1. The Morgan fingerprint density at radius 3 is 2.47 bits per heavy atom. The average Bonchev–Trinajstić information content (AvgIpc) is 2.80. The van der Waals surface area contributed by atoms with Crippen LogP contribution < -0.4 is 14.4 Å². The van der Waals surface area contributed by atoms with Crippen molar-refractivity contribution in [1.82, 2.24) is 14.9 Å². The van der Waals surface area contributed by atoms with Crippen molar-refractivity contribution < 1.29 is 14.3 Å². The number of anilines is 1. The van der Waals surface area contributed by atoms with Crippen molar-refractivity contribution in [3.05, 3.63) is 36.7 Å². The molecule has 2 aromatic rings. The molecule has 1 aliphatic carbocycles. The van der Waals surface area contributed by atoms with Crippen LogP contribution in [0.15, 0.2) is 36.7 Å². The number of methoxy groups -OCH3 is 1. The van der Waals surface area contributed by atoms with E-state index >= 15 is 0 Å². The predicted octanol–water partition coefficient (Wildman–Crippen LogP) is 3.89. The molecule has 1 amide bonds. The Hall–Kier alpha value is -2.83. The lowest BCUT2D eigenvalue weighted by Gasteiger charge is -2.42. The lowest BCUT2D eigenvalue weighted by molar-refractivity contribution is -0.139. The van der Waals surface area contributed by atoms with Crippen LogP contribution in [0.1, 0.15) is 39.0 Å². The van der Waals surface area contributed by atoms with Crippen LogP contribution in [-0.4, -0.2) is 53.6 Å². The van der Waals surface area contributed by atoms with Gasteiger partial charge in [0.15, 0.2) is 0 Å². The Morgan fingerprint density at radius 1 is 1.03 bits per heavy atom. The number of ether oxygens (including phenoxy) is 2. The maximum atomic E-state index is 13.0. The minimum absolute atomic E-state index is 0.161. The molecule has 1 aliphatic heterocycles. The predicted molar refractivity (Wildman–Crippen MR) is 115 cm³/mol. The number of nitrogens with zero attached hydrogens (tertiary/aromatic N) is 4. The van der Waals surface area contributed by atoms with Crippen LogP contribution in [0.25, 0.3) is 0 Å². The smallest absolute Gasteiger partial charge is 0.226 e. The van der Waals surface area contributed by atoms with Crippen molar-refractivity contribution in [3.8, 4) is 17.4 Å². The third kappa shape index (κ3) is 4.66. The first-order valence-corrected chi connectivity index (χ1v) is 10.8. The van der Waals surface area contributed by atoms with Gasteiger partial charge in [0, 0.05) is 37.7 Å². The van der Waals surface area contributed by atoms with Gasteiger partial charge in [0.25, 0.3) is 0 Å². The van der Waals surface area contributed by atoms with E-state index in [1.807, 2.05) is 30.3 Å². The number of aromatic nitrogens is 2. The fraction of sp³-hybridized carbons (Fsp3) is 0.522. The summed E-state index contributed by atoms with van der Waals surface area (Å²) >= 11 is 0. The van der Waals surface area contributed by atoms with E-state index in [1.165, 1.54) is 25.6 Å². The summed E-state index contributed by atoms with van der Waals surface area (Å²) in [5.41, 5.74) is 0. The molecular weight excluding hydrogens is 380 g/mol. The molecule has 2 fully saturated rings. The summed E-state index contributed by atoms with van der Waals surface area (Å²) < 4.78 is 11.1. The molecule has 1 atom stereocenters. The summed E-state index contributed by atoms with van der Waals surface area (Å²) in [4.78, 5) is 25.9. The maximum absolute atomic E-state index is 13.0. The van der Waals surface area contributed by atoms with Gasteiger partial charge in [-0.3, -0.25) is 4.79 Å². The van der Waals surface area contributed by atoms with Crippen LogP contribution in [-0.2, 0) is 4.79 Å². The Kier molecular flexibility index (Phi) is 6.35. The van der Waals surface area contributed by atoms with E-state index in [2.05, 4.69) is 26.7 Å². The molecule has 0 radical (unpaired) electrons. The van der Waals surface area contributed by atoms with Crippen molar-refractivity contribution in [3.63, 3.8) is 0 Å². The van der Waals surface area contributed by atoms with E-state index in [1.54, 1.807) is 7.11 Å². The van der Waals surface area contributed by atoms with Crippen molar-refractivity contribution >= 4 is 11.7 Å². The highest BCUT2D eigenvalue weighted by molar-refractivity contribution is 5.79. The van der Waals surface area contributed by atoms with E-state index in [4.69, 9.17) is 9.47 Å². The van der Waals surface area contributed by atoms with Gasteiger partial charge in [-0.25, -0.2) is 9.97 Å². The number of rotatable bonds is 5. The SMILES string of the molecule is COc1ccc(Oc2cc(N3CCN(C(=O)C4CCCCC4)C(C)C3)ncn2)cc1. The van der Waals surface area contributed by atoms with Gasteiger partial charge in [-0.1, -0.05) is 19.3 Å². The molecule has 1 aromatic carbocycles. The molecule has 2 heterocycles. The number of benzene rings is 1. The molecule has 1 saturated carbocycles. The molecule has 4 rings (SSSR count). The molecule has 0 N–H and O–H groups in total. The molecule has 30 heavy (non-hydrogen) atoms. The molecule has 7 heteroatoms. The second-order valence-corrected chi connectivity index (χ2v) is 8.15. The largest absolute Gasteiger partial charge is 0.497 e. The highest BCUT2D eigenvalue weighted by Crippen LogP contribution is 2.29. The molecule has 1 saturated heterocycles. The third-order valence-electron chi connectivity index (χ3n) is 6.10. The average molecular weight is 411 g/mol. The first-order valence-electron chi connectivity index (χ1n) is 10.8. The molecule has 0 spiro atoms. The molecule has 1 unspecified atom stereocenters. The van der Waals surface area contributed by atoms with Gasteiger partial charge in [0.05, 0.1) is 7.11 Å². The fourth-order valence-electron chi connectivity index (χ4n) is 4.40. The number of amides is 1. The number of carbonyl (C=O) groups is 1. The maximum Gasteiger partial charge on any atom is 0.226 e. The van der Waals surface area contributed by atoms with Crippen LogP contribution in [0, 0.1) is 5.92 Å². The molecular formula is C23H30N4O3. The highest BCUT2D eigenvalue weighted by Gasteiger charge is 2.32. The first kappa shape index (κ1) is 20.4. The summed E-state index contributed by atoms with van der Waals surface area (Å²) in [6.45, 7) is 4.39. The Morgan fingerprint density at radius 2 is 1.77 bits per heavy atom. The van der Waals surface area contributed by atoms with Gasteiger partial charge in [0.1, 0.15) is 23.6 Å². The van der Waals surface area contributed by atoms with Crippen LogP contribution in [0.5, 0.6) is 17.4 Å². The van der Waals surface area contributed by atoms with E-state index < -0.39 is 0 Å². The van der Waals surface area contributed by atoms with Crippen LogP contribution in [0.2, 0.25) is 0 Å². The third-order valence-corrected chi connectivity index (χ3v) is 6.10. The highest BCUT2D eigenvalue weighted by atomic mass is 16.5. The van der Waals surface area contributed by atoms with Crippen molar-refractivity contribution in [2.45, 2.75) is 45.1 Å². The summed E-state index contributed by atoms with van der Waals surface area (Å²) in [5, 5.41) is 0. The molecule has 1 aromatic heterocycles. The van der Waals surface area contributed by atoms with E-state index in [0.29, 0.717) is 17.5 Å². The topological polar surface area (TPSA) is 67.8 Å². The van der Waals surface area contributed by atoms with E-state index in [9.17, 15) is 4.79 Å². The lowest BCUT2D eigenvalue weighted by atomic mass is 9.88. The first-order chi connectivity index (χ1) is 14.6. The monoisotopic (exact) mass is 410 g/mol. The second kappa shape index (κ2) is 9.32. The Balaban J connectivity index is 1.39. The second-order valence-electron chi connectivity index (χ2n) is 8.15. The van der Waals surface area contributed by atoms with Crippen LogP contribution in [0.4, 0.5) is 5.82 Å². The van der Waals surface area contributed by atoms with Crippen molar-refractivity contribution in [1.29, 1.82) is 0 Å². The van der Waals surface area contributed by atoms with Crippen molar-refractivity contribution in [2.24, 2.45) is 5.92 Å². The standard InChI is InChI=1S/C23H30N4O3/c1-17-15-26(12-13-27(17)23(28)18-6-4-3-5-7-18)21-14-22(25-16-24-21)30-20-10-8-19(29-2)9-11-20/h8-11,14,16-18H,3-7,12-13,15H2,1-2H3. The molecule has 7 nitrogen and oxygen atoms in total. The Labute approximate surface area is 178 Å². The van der Waals surface area contributed by atoms with Crippen LogP contribution in [0.3, 0.4) is 0 Å². The van der Waals surface area contributed by atoms with E-state index in [0.717, 1.165) is 44.0 Å². The zero-order valence-corrected chi connectivity index (χ0v) is 17.8. The quantitative estimate of drug-likeness (QED) is 0.745. The summed E-state index contributed by atoms with van der Waals surface area (Å²) in [6, 6.07) is 9.41. The summed E-state index contributed by atoms with van der Waals surface area (Å²) in [6.07, 6.45) is 7.25. The fourth-order valence-corrected chi connectivity index (χ4v) is 4.40. The van der Waals surface area contributed by atoms with Gasteiger partial charge in [-0.2, -0.15) is 0 Å². The van der Waals surface area contributed by atoms with Gasteiger partial charge < -0.3 is 19.3 Å². The Bertz CT molecular complexity index is 852. The van der Waals surface area contributed by atoms with Gasteiger partial charge in [-0.15, -0.1) is 0 Å². The van der Waals surface area contributed by atoms with Gasteiger partial charge in [0.2, 0.25) is 11.8 Å². The minimum Gasteiger partial charge on any atom is -0.497 e. The van der Waals surface area contributed by atoms with E-state index in [-0.39, 0.29) is 12.0 Å². The molecule has 2 aliphatic rings. The van der Waals surface area contributed by atoms with Crippen LogP contribution >= 0.6 is 0 Å². The summed E-state index contributed by atoms with van der Waals surface area (Å²) in [7, 11) is 1.63. The summed E-state index contributed by atoms with van der Waals surface area (Å²) in [5.74, 6) is 3.35. The minimum atomic E-state index is 0.161. The number of piperazine rings is 1. The van der Waals surface area contributed by atoms with Crippen molar-refractivity contribution in [2.75, 3.05) is 31.6 Å². The zero-order valence-electron chi connectivity index (χ0n) is 17.8. The van der Waals surface area contributed by atoms with Gasteiger partial charge in [-0.05, 0) is 44.0 Å². The molecule has 160 valence electrons. The number of carbonyl (C=O) groups excluding carboxylic acids is 1. The zero-order chi connectivity index (χ0) is 20.9.